The minimum Gasteiger partial charge on any atom is -0.428 e. The molecule has 2 amide bonds. The Balaban J connectivity index is 1.81. The highest BCUT2D eigenvalue weighted by molar-refractivity contribution is 9.10. The van der Waals surface area contributed by atoms with Crippen LogP contribution in [-0.2, 0) is 6.42 Å². The van der Waals surface area contributed by atoms with Gasteiger partial charge in [-0.25, -0.2) is 4.79 Å². The summed E-state index contributed by atoms with van der Waals surface area (Å²) in [6.07, 6.45) is 0.642. The van der Waals surface area contributed by atoms with E-state index in [1.165, 1.54) is 0 Å². The van der Waals surface area contributed by atoms with E-state index in [1.54, 1.807) is 6.92 Å². The van der Waals surface area contributed by atoms with E-state index in [4.69, 9.17) is 16.0 Å². The maximum atomic E-state index is 11.7. The highest BCUT2D eigenvalue weighted by atomic mass is 79.9. The van der Waals surface area contributed by atoms with Crippen molar-refractivity contribution in [2.75, 3.05) is 11.9 Å². The summed E-state index contributed by atoms with van der Waals surface area (Å²) < 4.78 is 6.20. The van der Waals surface area contributed by atoms with Gasteiger partial charge in [-0.2, -0.15) is 4.98 Å². The molecule has 2 N–H and O–H groups in total. The molecule has 1 heterocycles. The number of rotatable bonds is 4. The first-order chi connectivity index (χ1) is 9.95. The maximum Gasteiger partial charge on any atom is 0.322 e. The standard InChI is InChI=1S/C14H15BrClN3O2/c1-8-9(2)21-14(18-8)19-13(20)17-6-5-10-3-4-11(15)7-12(10)16/h3-4,7H,5-6H2,1-2H3,(H2,17,18,19,20). The molecule has 0 atom stereocenters. The summed E-state index contributed by atoms with van der Waals surface area (Å²) in [6, 6.07) is 5.51. The van der Waals surface area contributed by atoms with Gasteiger partial charge in [0.25, 0.3) is 0 Å². The van der Waals surface area contributed by atoms with E-state index in [-0.39, 0.29) is 12.0 Å². The van der Waals surface area contributed by atoms with Crippen molar-refractivity contribution >= 4 is 39.6 Å². The molecule has 0 saturated carbocycles. The zero-order chi connectivity index (χ0) is 15.4. The monoisotopic (exact) mass is 371 g/mol. The fourth-order valence-corrected chi connectivity index (χ4v) is 2.47. The second kappa shape index (κ2) is 6.95. The molecular weight excluding hydrogens is 358 g/mol. The quantitative estimate of drug-likeness (QED) is 0.850. The maximum absolute atomic E-state index is 11.7. The predicted octanol–water partition coefficient (Wildman–Crippen LogP) is 4.07. The highest BCUT2D eigenvalue weighted by Gasteiger charge is 2.09. The lowest BCUT2D eigenvalue weighted by molar-refractivity contribution is 0.251. The van der Waals surface area contributed by atoms with Gasteiger partial charge in [0, 0.05) is 16.0 Å². The Morgan fingerprint density at radius 2 is 2.19 bits per heavy atom. The Bertz CT molecular complexity index is 638. The number of carbonyl (C=O) groups excluding carboxylic acids is 1. The van der Waals surface area contributed by atoms with Crippen LogP contribution in [0.15, 0.2) is 27.1 Å². The Morgan fingerprint density at radius 3 is 2.81 bits per heavy atom. The summed E-state index contributed by atoms with van der Waals surface area (Å²) >= 11 is 9.46. The smallest absolute Gasteiger partial charge is 0.322 e. The molecule has 0 fully saturated rings. The van der Waals surface area contributed by atoms with Crippen LogP contribution in [-0.4, -0.2) is 17.6 Å². The molecule has 112 valence electrons. The zero-order valence-electron chi connectivity index (χ0n) is 11.7. The minimum absolute atomic E-state index is 0.198. The van der Waals surface area contributed by atoms with Crippen LogP contribution in [0.4, 0.5) is 10.8 Å². The third kappa shape index (κ3) is 4.47. The zero-order valence-corrected chi connectivity index (χ0v) is 14.0. The highest BCUT2D eigenvalue weighted by Crippen LogP contribution is 2.21. The van der Waals surface area contributed by atoms with E-state index < -0.39 is 0 Å². The summed E-state index contributed by atoms with van der Waals surface area (Å²) in [4.78, 5) is 15.8. The average Bonchev–Trinajstić information content (AvgIpc) is 2.71. The van der Waals surface area contributed by atoms with Gasteiger partial charge in [0.2, 0.25) is 0 Å². The van der Waals surface area contributed by atoms with Crippen LogP contribution < -0.4 is 10.6 Å². The van der Waals surface area contributed by atoms with Gasteiger partial charge in [0.15, 0.2) is 0 Å². The Hall–Kier alpha value is -1.53. The van der Waals surface area contributed by atoms with Crippen molar-refractivity contribution in [3.05, 3.63) is 44.7 Å². The number of benzene rings is 1. The van der Waals surface area contributed by atoms with Crippen LogP contribution in [0.25, 0.3) is 0 Å². The number of nitrogens with zero attached hydrogens (tertiary/aromatic N) is 1. The molecule has 0 aliphatic heterocycles. The van der Waals surface area contributed by atoms with Crippen molar-refractivity contribution in [3.63, 3.8) is 0 Å². The molecular formula is C14H15BrClN3O2. The lowest BCUT2D eigenvalue weighted by Crippen LogP contribution is -2.30. The van der Waals surface area contributed by atoms with Crippen molar-refractivity contribution < 1.29 is 9.21 Å². The van der Waals surface area contributed by atoms with Crippen molar-refractivity contribution in [1.82, 2.24) is 10.3 Å². The van der Waals surface area contributed by atoms with Gasteiger partial charge in [0.1, 0.15) is 5.76 Å². The second-order valence-corrected chi connectivity index (χ2v) is 5.85. The van der Waals surface area contributed by atoms with Crippen molar-refractivity contribution in [3.8, 4) is 0 Å². The summed E-state index contributed by atoms with van der Waals surface area (Å²) in [7, 11) is 0. The van der Waals surface area contributed by atoms with E-state index in [9.17, 15) is 4.79 Å². The lowest BCUT2D eigenvalue weighted by Gasteiger charge is -2.07. The van der Waals surface area contributed by atoms with Gasteiger partial charge < -0.3 is 9.73 Å². The van der Waals surface area contributed by atoms with E-state index in [1.807, 2.05) is 25.1 Å². The SMILES string of the molecule is Cc1nc(NC(=O)NCCc2ccc(Br)cc2Cl)oc1C. The molecule has 0 aliphatic rings. The number of hydrogen-bond donors (Lipinski definition) is 2. The summed E-state index contributed by atoms with van der Waals surface area (Å²) in [5, 5.41) is 5.95. The number of amides is 2. The summed E-state index contributed by atoms with van der Waals surface area (Å²) in [6.45, 7) is 4.07. The first-order valence-corrected chi connectivity index (χ1v) is 7.55. The van der Waals surface area contributed by atoms with E-state index in [0.29, 0.717) is 23.7 Å². The molecule has 1 aromatic carbocycles. The number of anilines is 1. The average molecular weight is 373 g/mol. The molecule has 21 heavy (non-hydrogen) atoms. The molecule has 1 aromatic heterocycles. The number of nitrogens with one attached hydrogen (secondary N) is 2. The van der Waals surface area contributed by atoms with E-state index in [0.717, 1.165) is 15.7 Å². The van der Waals surface area contributed by atoms with Gasteiger partial charge in [0.05, 0.1) is 5.69 Å². The van der Waals surface area contributed by atoms with Gasteiger partial charge in [-0.1, -0.05) is 33.6 Å². The normalized spacial score (nSPS) is 10.5. The molecule has 0 aliphatic carbocycles. The first kappa shape index (κ1) is 15.9. The Morgan fingerprint density at radius 1 is 1.43 bits per heavy atom. The van der Waals surface area contributed by atoms with Crippen LogP contribution in [0.5, 0.6) is 0 Å². The van der Waals surface area contributed by atoms with Crippen LogP contribution in [0.3, 0.4) is 0 Å². The molecule has 0 spiro atoms. The van der Waals surface area contributed by atoms with Gasteiger partial charge in [-0.3, -0.25) is 5.32 Å². The number of aromatic nitrogens is 1. The second-order valence-electron chi connectivity index (χ2n) is 4.53. The summed E-state index contributed by atoms with van der Waals surface area (Å²) in [5.41, 5.74) is 1.73. The first-order valence-electron chi connectivity index (χ1n) is 6.38. The van der Waals surface area contributed by atoms with Crippen molar-refractivity contribution in [1.29, 1.82) is 0 Å². The molecule has 0 unspecified atom stereocenters. The molecule has 0 bridgehead atoms. The van der Waals surface area contributed by atoms with Crippen molar-refractivity contribution in [2.45, 2.75) is 20.3 Å². The van der Waals surface area contributed by atoms with Gasteiger partial charge >= 0.3 is 12.0 Å². The Kier molecular flexibility index (Phi) is 5.25. The summed E-state index contributed by atoms with van der Waals surface area (Å²) in [5.74, 6) is 0.687. The molecule has 2 rings (SSSR count). The molecule has 7 heteroatoms. The third-order valence-corrected chi connectivity index (χ3v) is 3.79. The van der Waals surface area contributed by atoms with Crippen molar-refractivity contribution in [2.24, 2.45) is 0 Å². The van der Waals surface area contributed by atoms with Gasteiger partial charge in [-0.05, 0) is 38.0 Å². The lowest BCUT2D eigenvalue weighted by atomic mass is 10.1. The van der Waals surface area contributed by atoms with Crippen LogP contribution in [0, 0.1) is 13.8 Å². The molecule has 0 radical (unpaired) electrons. The van der Waals surface area contributed by atoms with Crippen LogP contribution in [0.1, 0.15) is 17.0 Å². The number of carbonyl (C=O) groups is 1. The number of halogens is 2. The third-order valence-electron chi connectivity index (χ3n) is 2.94. The number of oxazole rings is 1. The molecule has 2 aromatic rings. The van der Waals surface area contributed by atoms with Crippen LogP contribution >= 0.6 is 27.5 Å². The minimum atomic E-state index is -0.357. The fourth-order valence-electron chi connectivity index (χ4n) is 1.70. The molecule has 5 nitrogen and oxygen atoms in total. The Labute approximate surface area is 136 Å². The largest absolute Gasteiger partial charge is 0.428 e. The van der Waals surface area contributed by atoms with Gasteiger partial charge in [-0.15, -0.1) is 0 Å². The molecule has 0 saturated heterocycles. The topological polar surface area (TPSA) is 67.2 Å². The van der Waals surface area contributed by atoms with E-state index >= 15 is 0 Å². The number of aryl methyl sites for hydroxylation is 2. The fraction of sp³-hybridized carbons (Fsp3) is 0.286. The van der Waals surface area contributed by atoms with Crippen LogP contribution in [0.2, 0.25) is 5.02 Å². The predicted molar refractivity (Wildman–Crippen MR) is 85.9 cm³/mol. The van der Waals surface area contributed by atoms with E-state index in [2.05, 4.69) is 31.5 Å². The number of urea groups is 1. The number of hydrogen-bond acceptors (Lipinski definition) is 3.